The van der Waals surface area contributed by atoms with Gasteiger partial charge in [-0.25, -0.2) is 4.98 Å². The maximum absolute atomic E-state index is 12.4. The van der Waals surface area contributed by atoms with E-state index in [1.54, 1.807) is 37.3 Å². The third kappa shape index (κ3) is 3.52. The zero-order valence-corrected chi connectivity index (χ0v) is 13.8. The van der Waals surface area contributed by atoms with E-state index < -0.39 is 0 Å². The number of benzene rings is 2. The van der Waals surface area contributed by atoms with Crippen LogP contribution in [0, 0.1) is 6.92 Å². The number of rotatable bonds is 3. The van der Waals surface area contributed by atoms with E-state index >= 15 is 0 Å². The van der Waals surface area contributed by atoms with E-state index in [0.717, 1.165) is 10.6 Å². The van der Waals surface area contributed by atoms with Gasteiger partial charge in [0.25, 0.3) is 5.91 Å². The monoisotopic (exact) mass is 344 g/mol. The molecule has 3 rings (SSSR count). The van der Waals surface area contributed by atoms with E-state index in [4.69, 9.17) is 11.6 Å². The number of carbonyl (C=O) groups excluding carboxylic acids is 1. The number of aromatic nitrogens is 1. The highest BCUT2D eigenvalue weighted by molar-refractivity contribution is 7.17. The molecule has 4 nitrogen and oxygen atoms in total. The topological polar surface area (TPSA) is 62.2 Å². The molecule has 0 aliphatic carbocycles. The molecule has 3 aromatic rings. The lowest BCUT2D eigenvalue weighted by Crippen LogP contribution is -2.11. The van der Waals surface area contributed by atoms with Gasteiger partial charge in [-0.15, -0.1) is 11.3 Å². The Morgan fingerprint density at radius 2 is 1.96 bits per heavy atom. The molecule has 0 spiro atoms. The van der Waals surface area contributed by atoms with Crippen LogP contribution in [0.3, 0.4) is 0 Å². The first-order chi connectivity index (χ1) is 11.0. The van der Waals surface area contributed by atoms with E-state index in [9.17, 15) is 9.90 Å². The van der Waals surface area contributed by atoms with Crippen LogP contribution in [-0.2, 0) is 0 Å². The number of phenolic OH excluding ortho intramolecular Hbond substituents is 1. The highest BCUT2D eigenvalue weighted by Crippen LogP contribution is 2.29. The Kier molecular flexibility index (Phi) is 4.32. The number of aryl methyl sites for hydroxylation is 1. The Balaban J connectivity index is 1.85. The van der Waals surface area contributed by atoms with Gasteiger partial charge in [-0.1, -0.05) is 29.8 Å². The quantitative estimate of drug-likeness (QED) is 0.722. The van der Waals surface area contributed by atoms with Crippen molar-refractivity contribution in [3.05, 3.63) is 64.1 Å². The van der Waals surface area contributed by atoms with Gasteiger partial charge in [0.15, 0.2) is 0 Å². The van der Waals surface area contributed by atoms with Crippen LogP contribution in [0.2, 0.25) is 5.02 Å². The third-order valence-electron chi connectivity index (χ3n) is 3.20. The van der Waals surface area contributed by atoms with E-state index in [-0.39, 0.29) is 11.7 Å². The SMILES string of the molecule is Cc1nc(-c2ccc(Cl)cc2)sc1C(=O)Nc1cccc(O)c1. The van der Waals surface area contributed by atoms with Crippen LogP contribution in [0.1, 0.15) is 15.4 Å². The largest absolute Gasteiger partial charge is 0.508 e. The lowest BCUT2D eigenvalue weighted by atomic mass is 10.2. The van der Waals surface area contributed by atoms with Gasteiger partial charge in [0, 0.05) is 22.3 Å². The molecule has 0 fully saturated rings. The van der Waals surface area contributed by atoms with Crippen molar-refractivity contribution >= 4 is 34.5 Å². The number of aromatic hydroxyl groups is 1. The number of nitrogens with one attached hydrogen (secondary N) is 1. The number of hydrogen-bond donors (Lipinski definition) is 2. The predicted octanol–water partition coefficient (Wildman–Crippen LogP) is 4.73. The molecule has 0 aliphatic heterocycles. The fourth-order valence-corrected chi connectivity index (χ4v) is 3.19. The van der Waals surface area contributed by atoms with E-state index in [0.29, 0.717) is 21.3 Å². The number of anilines is 1. The molecule has 0 saturated heterocycles. The van der Waals surface area contributed by atoms with E-state index in [1.165, 1.54) is 17.4 Å². The van der Waals surface area contributed by atoms with Gasteiger partial charge in [0.2, 0.25) is 0 Å². The smallest absolute Gasteiger partial charge is 0.267 e. The number of nitrogens with zero attached hydrogens (tertiary/aromatic N) is 1. The van der Waals surface area contributed by atoms with Gasteiger partial charge in [0.1, 0.15) is 15.6 Å². The number of halogens is 1. The van der Waals surface area contributed by atoms with Crippen molar-refractivity contribution in [3.63, 3.8) is 0 Å². The van der Waals surface area contributed by atoms with Crippen molar-refractivity contribution in [2.45, 2.75) is 6.92 Å². The van der Waals surface area contributed by atoms with Gasteiger partial charge >= 0.3 is 0 Å². The summed E-state index contributed by atoms with van der Waals surface area (Å²) in [6.07, 6.45) is 0. The first-order valence-corrected chi connectivity index (χ1v) is 8.06. The summed E-state index contributed by atoms with van der Waals surface area (Å²) in [5.74, 6) is -0.142. The molecule has 1 heterocycles. The van der Waals surface area contributed by atoms with E-state index in [1.807, 2.05) is 12.1 Å². The zero-order valence-electron chi connectivity index (χ0n) is 12.2. The van der Waals surface area contributed by atoms with Gasteiger partial charge < -0.3 is 10.4 Å². The molecule has 1 aromatic heterocycles. The summed E-state index contributed by atoms with van der Waals surface area (Å²) in [7, 11) is 0. The average molecular weight is 345 g/mol. The summed E-state index contributed by atoms with van der Waals surface area (Å²) < 4.78 is 0. The number of amides is 1. The molecule has 2 aromatic carbocycles. The second-order valence-electron chi connectivity index (χ2n) is 4.94. The van der Waals surface area contributed by atoms with Crippen LogP contribution in [0.5, 0.6) is 5.75 Å². The molecule has 0 radical (unpaired) electrons. The number of thiazole rings is 1. The lowest BCUT2D eigenvalue weighted by Gasteiger charge is -2.04. The molecule has 6 heteroatoms. The Hall–Kier alpha value is -2.37. The molecule has 0 aliphatic rings. The summed E-state index contributed by atoms with van der Waals surface area (Å²) in [4.78, 5) is 17.4. The fraction of sp³-hybridized carbons (Fsp3) is 0.0588. The highest BCUT2D eigenvalue weighted by Gasteiger charge is 2.16. The number of carbonyl (C=O) groups is 1. The molecule has 0 atom stereocenters. The van der Waals surface area contributed by atoms with Gasteiger partial charge in [-0.05, 0) is 31.2 Å². The van der Waals surface area contributed by atoms with Crippen molar-refractivity contribution in [2.24, 2.45) is 0 Å². The molecule has 23 heavy (non-hydrogen) atoms. The van der Waals surface area contributed by atoms with Crippen molar-refractivity contribution in [2.75, 3.05) is 5.32 Å². The van der Waals surface area contributed by atoms with Crippen LogP contribution in [0.4, 0.5) is 5.69 Å². The van der Waals surface area contributed by atoms with Crippen LogP contribution in [-0.4, -0.2) is 16.0 Å². The highest BCUT2D eigenvalue weighted by atomic mass is 35.5. The summed E-state index contributed by atoms with van der Waals surface area (Å²) in [5, 5.41) is 13.6. The molecule has 0 saturated carbocycles. The van der Waals surface area contributed by atoms with Gasteiger partial charge in [-0.3, -0.25) is 4.79 Å². The second-order valence-corrected chi connectivity index (χ2v) is 6.38. The van der Waals surface area contributed by atoms with Crippen molar-refractivity contribution in [3.8, 4) is 16.3 Å². The molecular formula is C17H13ClN2O2S. The Labute approximate surface area is 142 Å². The van der Waals surface area contributed by atoms with Gasteiger partial charge in [-0.2, -0.15) is 0 Å². The lowest BCUT2D eigenvalue weighted by molar-refractivity contribution is 0.103. The predicted molar refractivity (Wildman–Crippen MR) is 93.4 cm³/mol. The zero-order chi connectivity index (χ0) is 16.4. The maximum Gasteiger partial charge on any atom is 0.267 e. The molecule has 0 unspecified atom stereocenters. The molecule has 116 valence electrons. The van der Waals surface area contributed by atoms with E-state index in [2.05, 4.69) is 10.3 Å². The van der Waals surface area contributed by atoms with Crippen LogP contribution in [0.25, 0.3) is 10.6 Å². The molecule has 1 amide bonds. The van der Waals surface area contributed by atoms with Crippen LogP contribution >= 0.6 is 22.9 Å². The second kappa shape index (κ2) is 6.40. The Morgan fingerprint density at radius 3 is 2.65 bits per heavy atom. The third-order valence-corrected chi connectivity index (χ3v) is 4.66. The summed E-state index contributed by atoms with van der Waals surface area (Å²) in [6, 6.07) is 13.8. The van der Waals surface area contributed by atoms with Crippen LogP contribution < -0.4 is 5.32 Å². The maximum atomic E-state index is 12.4. The van der Waals surface area contributed by atoms with Crippen LogP contribution in [0.15, 0.2) is 48.5 Å². The number of phenols is 1. The first-order valence-electron chi connectivity index (χ1n) is 6.86. The summed E-state index contributed by atoms with van der Waals surface area (Å²) in [5.41, 5.74) is 2.12. The Morgan fingerprint density at radius 1 is 1.22 bits per heavy atom. The minimum atomic E-state index is -0.245. The Bertz CT molecular complexity index is 859. The fourth-order valence-electron chi connectivity index (χ4n) is 2.09. The molecular weight excluding hydrogens is 332 g/mol. The normalized spacial score (nSPS) is 10.5. The van der Waals surface area contributed by atoms with Gasteiger partial charge in [0.05, 0.1) is 5.69 Å². The standard InChI is InChI=1S/C17H13ClN2O2S/c1-10-15(16(22)20-13-3-2-4-14(21)9-13)23-17(19-10)11-5-7-12(18)8-6-11/h2-9,21H,1H3,(H,20,22). The molecule has 2 N–H and O–H groups in total. The molecule has 0 bridgehead atoms. The number of hydrogen-bond acceptors (Lipinski definition) is 4. The van der Waals surface area contributed by atoms with Crippen molar-refractivity contribution in [1.29, 1.82) is 0 Å². The first kappa shape index (κ1) is 15.5. The minimum Gasteiger partial charge on any atom is -0.508 e. The minimum absolute atomic E-state index is 0.102. The summed E-state index contributed by atoms with van der Waals surface area (Å²) in [6.45, 7) is 1.80. The van der Waals surface area contributed by atoms with Crippen molar-refractivity contribution < 1.29 is 9.90 Å². The summed E-state index contributed by atoms with van der Waals surface area (Å²) >= 11 is 7.21. The average Bonchev–Trinajstić information content (AvgIpc) is 2.90. The van der Waals surface area contributed by atoms with Crippen molar-refractivity contribution in [1.82, 2.24) is 4.98 Å².